The Morgan fingerprint density at radius 2 is 1.94 bits per heavy atom. The minimum absolute atomic E-state index is 0.106. The van der Waals surface area contributed by atoms with Crippen LogP contribution in [0.4, 0.5) is 11.5 Å². The van der Waals surface area contributed by atoms with Gasteiger partial charge in [0.05, 0.1) is 15.7 Å². The molecule has 0 aliphatic carbocycles. The van der Waals surface area contributed by atoms with Crippen LogP contribution < -0.4 is 11.1 Å². The van der Waals surface area contributed by atoms with Crippen LogP contribution in [0.25, 0.3) is 0 Å². The van der Waals surface area contributed by atoms with E-state index in [1.807, 2.05) is 0 Å². The van der Waals surface area contributed by atoms with Crippen LogP contribution >= 0.6 is 23.2 Å². The van der Waals surface area contributed by atoms with E-state index in [2.05, 4.69) is 20.3 Å². The highest BCUT2D eigenvalue weighted by Gasteiger charge is 2.18. The number of benzene rings is 1. The maximum absolute atomic E-state index is 11.7. The van der Waals surface area contributed by atoms with Gasteiger partial charge in [0, 0.05) is 0 Å². The lowest BCUT2D eigenvalue weighted by Gasteiger charge is -2.07. The summed E-state index contributed by atoms with van der Waals surface area (Å²) in [5.41, 5.74) is 5.53. The van der Waals surface area contributed by atoms with E-state index in [1.165, 1.54) is 0 Å². The lowest BCUT2D eigenvalue weighted by atomic mass is 10.3. The molecule has 2 rings (SSSR count). The van der Waals surface area contributed by atoms with Crippen molar-refractivity contribution in [1.82, 2.24) is 10.3 Å². The van der Waals surface area contributed by atoms with Crippen molar-refractivity contribution >= 4 is 40.6 Å². The third-order valence-electron chi connectivity index (χ3n) is 1.93. The van der Waals surface area contributed by atoms with Crippen LogP contribution in [0, 0.1) is 0 Å². The minimum Gasteiger partial charge on any atom is -0.379 e. The number of hydrogen-bond donors (Lipinski definition) is 2. The highest BCUT2D eigenvalue weighted by Crippen LogP contribution is 2.30. The van der Waals surface area contributed by atoms with Gasteiger partial charge in [-0.3, -0.25) is 4.79 Å². The molecule has 0 bridgehead atoms. The quantitative estimate of drug-likeness (QED) is 0.874. The monoisotopic (exact) mass is 272 g/mol. The maximum atomic E-state index is 11.7. The lowest BCUT2D eigenvalue weighted by molar-refractivity contribution is 0.101. The van der Waals surface area contributed by atoms with E-state index >= 15 is 0 Å². The molecule has 0 saturated heterocycles. The molecule has 0 aliphatic rings. The topological polar surface area (TPSA) is 94.0 Å². The Morgan fingerprint density at radius 3 is 2.47 bits per heavy atom. The average molecular weight is 273 g/mol. The van der Waals surface area contributed by atoms with E-state index < -0.39 is 5.91 Å². The molecular formula is C9H6Cl2N4O2. The number of para-hydroxylation sites is 1. The third kappa shape index (κ3) is 2.32. The molecular weight excluding hydrogens is 267 g/mol. The number of carbonyl (C=O) groups excluding carboxylic acids is 1. The molecule has 0 aliphatic heterocycles. The molecule has 3 N–H and O–H groups in total. The molecule has 1 amide bonds. The first-order chi connectivity index (χ1) is 8.09. The molecule has 8 heteroatoms. The molecule has 0 unspecified atom stereocenters. The SMILES string of the molecule is Nc1nonc1C(=O)Nc1c(Cl)cccc1Cl. The first kappa shape index (κ1) is 11.7. The summed E-state index contributed by atoms with van der Waals surface area (Å²) in [5, 5.41) is 9.74. The Balaban J connectivity index is 2.28. The zero-order valence-corrected chi connectivity index (χ0v) is 9.79. The molecule has 0 fully saturated rings. The Hall–Kier alpha value is -1.79. The average Bonchev–Trinajstić information content (AvgIpc) is 2.70. The predicted molar refractivity (Wildman–Crippen MR) is 63.1 cm³/mol. The van der Waals surface area contributed by atoms with Gasteiger partial charge in [0.1, 0.15) is 0 Å². The van der Waals surface area contributed by atoms with E-state index in [0.29, 0.717) is 10.0 Å². The van der Waals surface area contributed by atoms with E-state index in [4.69, 9.17) is 28.9 Å². The molecule has 0 spiro atoms. The van der Waals surface area contributed by atoms with Crippen LogP contribution in [0.1, 0.15) is 10.5 Å². The van der Waals surface area contributed by atoms with E-state index in [9.17, 15) is 4.79 Å². The number of amides is 1. The Labute approximate surface area is 106 Å². The third-order valence-corrected chi connectivity index (χ3v) is 2.56. The summed E-state index contributed by atoms with van der Waals surface area (Å²) in [4.78, 5) is 11.7. The summed E-state index contributed by atoms with van der Waals surface area (Å²) in [6, 6.07) is 4.84. The number of aromatic nitrogens is 2. The molecule has 0 saturated carbocycles. The van der Waals surface area contributed by atoms with Crippen LogP contribution in [0.15, 0.2) is 22.8 Å². The van der Waals surface area contributed by atoms with Crippen molar-refractivity contribution in [3.05, 3.63) is 33.9 Å². The number of nitrogens with two attached hydrogens (primary N) is 1. The first-order valence-electron chi connectivity index (χ1n) is 4.43. The largest absolute Gasteiger partial charge is 0.379 e. The maximum Gasteiger partial charge on any atom is 0.281 e. The van der Waals surface area contributed by atoms with Crippen molar-refractivity contribution in [1.29, 1.82) is 0 Å². The molecule has 88 valence electrons. The zero-order chi connectivity index (χ0) is 12.4. The van der Waals surface area contributed by atoms with E-state index in [-0.39, 0.29) is 17.2 Å². The normalized spacial score (nSPS) is 10.2. The van der Waals surface area contributed by atoms with Crippen LogP contribution in [-0.4, -0.2) is 16.2 Å². The van der Waals surface area contributed by atoms with Gasteiger partial charge >= 0.3 is 0 Å². The van der Waals surface area contributed by atoms with Gasteiger partial charge in [-0.2, -0.15) is 0 Å². The smallest absolute Gasteiger partial charge is 0.281 e. The molecule has 1 heterocycles. The molecule has 17 heavy (non-hydrogen) atoms. The summed E-state index contributed by atoms with van der Waals surface area (Å²) >= 11 is 11.8. The number of nitrogens with zero attached hydrogens (tertiary/aromatic N) is 2. The summed E-state index contributed by atoms with van der Waals surface area (Å²) in [5.74, 6) is -0.704. The standard InChI is InChI=1S/C9H6Cl2N4O2/c10-4-2-1-3-5(11)6(4)13-9(16)7-8(12)15-17-14-7/h1-3H,(H2,12,15)(H,13,16). The Morgan fingerprint density at radius 1 is 1.29 bits per heavy atom. The molecule has 0 radical (unpaired) electrons. The Kier molecular flexibility index (Phi) is 3.16. The highest BCUT2D eigenvalue weighted by molar-refractivity contribution is 6.40. The van der Waals surface area contributed by atoms with Gasteiger partial charge in [-0.05, 0) is 22.4 Å². The van der Waals surface area contributed by atoms with Crippen molar-refractivity contribution in [2.45, 2.75) is 0 Å². The van der Waals surface area contributed by atoms with E-state index in [1.54, 1.807) is 18.2 Å². The second-order valence-electron chi connectivity index (χ2n) is 3.05. The Bertz CT molecular complexity index is 550. The number of halogens is 2. The number of anilines is 2. The van der Waals surface area contributed by atoms with Crippen LogP contribution in [0.5, 0.6) is 0 Å². The summed E-state index contributed by atoms with van der Waals surface area (Å²) in [6.07, 6.45) is 0. The minimum atomic E-state index is -0.598. The van der Waals surface area contributed by atoms with Crippen molar-refractivity contribution in [2.75, 3.05) is 11.1 Å². The summed E-state index contributed by atoms with van der Waals surface area (Å²) in [7, 11) is 0. The van der Waals surface area contributed by atoms with Crippen molar-refractivity contribution in [3.8, 4) is 0 Å². The fourth-order valence-electron chi connectivity index (χ4n) is 1.14. The fraction of sp³-hybridized carbons (Fsp3) is 0. The molecule has 6 nitrogen and oxygen atoms in total. The second-order valence-corrected chi connectivity index (χ2v) is 3.86. The molecule has 1 aromatic carbocycles. The number of rotatable bonds is 2. The lowest BCUT2D eigenvalue weighted by Crippen LogP contribution is -2.14. The van der Waals surface area contributed by atoms with Gasteiger partial charge in [-0.1, -0.05) is 29.3 Å². The van der Waals surface area contributed by atoms with Crippen molar-refractivity contribution in [3.63, 3.8) is 0 Å². The van der Waals surface area contributed by atoms with Gasteiger partial charge in [0.25, 0.3) is 5.91 Å². The number of nitrogen functional groups attached to an aromatic ring is 1. The van der Waals surface area contributed by atoms with E-state index in [0.717, 1.165) is 0 Å². The fourth-order valence-corrected chi connectivity index (χ4v) is 1.63. The molecule has 1 aromatic heterocycles. The molecule has 0 atom stereocenters. The van der Waals surface area contributed by atoms with Crippen LogP contribution in [0.3, 0.4) is 0 Å². The van der Waals surface area contributed by atoms with Gasteiger partial charge in [0.2, 0.25) is 11.5 Å². The van der Waals surface area contributed by atoms with Gasteiger partial charge < -0.3 is 11.1 Å². The number of nitrogens with one attached hydrogen (secondary N) is 1. The van der Waals surface area contributed by atoms with Crippen molar-refractivity contribution in [2.24, 2.45) is 0 Å². The number of carbonyl (C=O) groups is 1. The first-order valence-corrected chi connectivity index (χ1v) is 5.18. The predicted octanol–water partition coefficient (Wildman–Crippen LogP) is 2.21. The van der Waals surface area contributed by atoms with Crippen molar-refractivity contribution < 1.29 is 9.42 Å². The number of hydrogen-bond acceptors (Lipinski definition) is 5. The molecule has 2 aromatic rings. The van der Waals surface area contributed by atoms with Crippen LogP contribution in [0.2, 0.25) is 10.0 Å². The summed E-state index contributed by atoms with van der Waals surface area (Å²) in [6.45, 7) is 0. The van der Waals surface area contributed by atoms with Crippen LogP contribution in [-0.2, 0) is 0 Å². The summed E-state index contributed by atoms with van der Waals surface area (Å²) < 4.78 is 4.31. The highest BCUT2D eigenvalue weighted by atomic mass is 35.5. The van der Waals surface area contributed by atoms with Gasteiger partial charge in [-0.25, -0.2) is 4.63 Å². The second kappa shape index (κ2) is 4.60. The zero-order valence-electron chi connectivity index (χ0n) is 8.28. The van der Waals surface area contributed by atoms with Gasteiger partial charge in [0.15, 0.2) is 0 Å². The van der Waals surface area contributed by atoms with Gasteiger partial charge in [-0.15, -0.1) is 0 Å².